The van der Waals surface area contributed by atoms with E-state index in [0.717, 1.165) is 50.7 Å². The fraction of sp³-hybridized carbons (Fsp3) is 0.588. The average molecular weight is 365 g/mol. The van der Waals surface area contributed by atoms with Crippen LogP contribution in [-0.2, 0) is 24.4 Å². The summed E-state index contributed by atoms with van der Waals surface area (Å²) in [6.45, 7) is 11.3. The lowest BCUT2D eigenvalue weighted by Crippen LogP contribution is -2.49. The van der Waals surface area contributed by atoms with Crippen molar-refractivity contribution in [1.29, 1.82) is 0 Å². The summed E-state index contributed by atoms with van der Waals surface area (Å²) in [5, 5.41) is 9.35. The summed E-state index contributed by atoms with van der Waals surface area (Å²) < 4.78 is 3.59. The molecule has 0 bridgehead atoms. The van der Waals surface area contributed by atoms with Crippen molar-refractivity contribution in [2.75, 3.05) is 26.2 Å². The smallest absolute Gasteiger partial charge is 0.244 e. The number of aromatic nitrogens is 4. The van der Waals surface area contributed by atoms with Crippen LogP contribution < -0.4 is 0 Å². The molecule has 1 saturated heterocycles. The Bertz CT molecular complexity index is 725. The first-order valence-electron chi connectivity index (χ1n) is 8.69. The van der Waals surface area contributed by atoms with Crippen LogP contribution in [0.15, 0.2) is 12.4 Å². The van der Waals surface area contributed by atoms with Crippen LogP contribution in [0.4, 0.5) is 0 Å². The fourth-order valence-electron chi connectivity index (χ4n) is 3.09. The summed E-state index contributed by atoms with van der Waals surface area (Å²) in [4.78, 5) is 16.7. The predicted molar refractivity (Wildman–Crippen MR) is 96.5 cm³/mol. The predicted octanol–water partition coefficient (Wildman–Crippen LogP) is 1.71. The van der Waals surface area contributed by atoms with Crippen LogP contribution in [0.1, 0.15) is 23.9 Å². The molecule has 8 heteroatoms. The molecular weight excluding hydrogens is 340 g/mol. The molecule has 1 amide bonds. The van der Waals surface area contributed by atoms with Crippen molar-refractivity contribution >= 4 is 17.5 Å². The van der Waals surface area contributed by atoms with E-state index in [0.29, 0.717) is 5.02 Å². The van der Waals surface area contributed by atoms with Gasteiger partial charge in [0.2, 0.25) is 5.91 Å². The van der Waals surface area contributed by atoms with E-state index < -0.39 is 0 Å². The van der Waals surface area contributed by atoms with E-state index in [2.05, 4.69) is 35.1 Å². The number of hydrogen-bond donors (Lipinski definition) is 0. The van der Waals surface area contributed by atoms with Gasteiger partial charge in [0.1, 0.15) is 6.54 Å². The second kappa shape index (κ2) is 7.58. The van der Waals surface area contributed by atoms with Crippen molar-refractivity contribution in [2.24, 2.45) is 0 Å². The number of rotatable bonds is 5. The third-order valence-electron chi connectivity index (χ3n) is 4.67. The van der Waals surface area contributed by atoms with Crippen molar-refractivity contribution < 1.29 is 4.79 Å². The molecular formula is C17H25ClN6O. The normalized spacial score (nSPS) is 15.8. The molecule has 0 spiro atoms. The first-order valence-corrected chi connectivity index (χ1v) is 9.06. The highest BCUT2D eigenvalue weighted by Gasteiger charge is 2.22. The zero-order chi connectivity index (χ0) is 18.0. The molecule has 0 N–H and O–H groups in total. The van der Waals surface area contributed by atoms with Gasteiger partial charge in [0.05, 0.1) is 16.4 Å². The van der Waals surface area contributed by atoms with Gasteiger partial charge in [0.15, 0.2) is 0 Å². The highest BCUT2D eigenvalue weighted by molar-refractivity contribution is 6.31. The number of carbonyl (C=O) groups excluding carboxylic acids is 1. The molecule has 3 rings (SSSR count). The largest absolute Gasteiger partial charge is 0.339 e. The first-order chi connectivity index (χ1) is 12.0. The number of nitrogens with zero attached hydrogens (tertiary/aromatic N) is 6. The van der Waals surface area contributed by atoms with Gasteiger partial charge in [0.25, 0.3) is 0 Å². The summed E-state index contributed by atoms with van der Waals surface area (Å²) in [6.07, 6.45) is 3.83. The van der Waals surface area contributed by atoms with Crippen LogP contribution in [0.3, 0.4) is 0 Å². The van der Waals surface area contributed by atoms with Crippen LogP contribution in [0.2, 0.25) is 5.02 Å². The van der Waals surface area contributed by atoms with Crippen LogP contribution in [-0.4, -0.2) is 61.4 Å². The van der Waals surface area contributed by atoms with E-state index in [4.69, 9.17) is 11.6 Å². The maximum Gasteiger partial charge on any atom is 0.244 e. The molecule has 25 heavy (non-hydrogen) atoms. The first kappa shape index (κ1) is 17.9. The summed E-state index contributed by atoms with van der Waals surface area (Å²) >= 11 is 6.00. The third kappa shape index (κ3) is 4.22. The van der Waals surface area contributed by atoms with Crippen molar-refractivity contribution in [3.63, 3.8) is 0 Å². The van der Waals surface area contributed by atoms with E-state index >= 15 is 0 Å². The minimum absolute atomic E-state index is 0.0915. The average Bonchev–Trinajstić information content (AvgIpc) is 3.10. The Balaban J connectivity index is 1.51. The number of amides is 1. The Hall–Kier alpha value is -1.86. The zero-order valence-electron chi connectivity index (χ0n) is 15.1. The summed E-state index contributed by atoms with van der Waals surface area (Å²) in [7, 11) is 0. The summed E-state index contributed by atoms with van der Waals surface area (Å²) in [6, 6.07) is 0. The Morgan fingerprint density at radius 1 is 1.08 bits per heavy atom. The number of piperazine rings is 1. The quantitative estimate of drug-likeness (QED) is 0.810. The molecule has 3 heterocycles. The van der Waals surface area contributed by atoms with Gasteiger partial charge < -0.3 is 4.90 Å². The van der Waals surface area contributed by atoms with Gasteiger partial charge >= 0.3 is 0 Å². The van der Waals surface area contributed by atoms with Crippen LogP contribution >= 0.6 is 11.6 Å². The summed E-state index contributed by atoms with van der Waals surface area (Å²) in [5.74, 6) is 0.0915. The van der Waals surface area contributed by atoms with Gasteiger partial charge in [-0.05, 0) is 20.8 Å². The van der Waals surface area contributed by atoms with Crippen molar-refractivity contribution in [1.82, 2.24) is 29.4 Å². The minimum Gasteiger partial charge on any atom is -0.339 e. The van der Waals surface area contributed by atoms with E-state index in [9.17, 15) is 4.79 Å². The number of halogens is 1. The topological polar surface area (TPSA) is 59.2 Å². The molecule has 1 aliphatic rings. The molecule has 136 valence electrons. The molecule has 7 nitrogen and oxygen atoms in total. The monoisotopic (exact) mass is 364 g/mol. The Kier molecular flexibility index (Phi) is 5.44. The van der Waals surface area contributed by atoms with Crippen LogP contribution in [0.25, 0.3) is 0 Å². The Morgan fingerprint density at radius 2 is 1.76 bits per heavy atom. The van der Waals surface area contributed by atoms with Crippen molar-refractivity contribution in [3.05, 3.63) is 34.4 Å². The SMILES string of the molecule is CCn1cc(CN2CCN(C(=O)Cn3cc(Cl)c(C)n3)CC2)c(C)n1. The van der Waals surface area contributed by atoms with Gasteiger partial charge in [0, 0.05) is 57.2 Å². The fourth-order valence-corrected chi connectivity index (χ4v) is 3.24. The highest BCUT2D eigenvalue weighted by Crippen LogP contribution is 2.14. The zero-order valence-corrected chi connectivity index (χ0v) is 15.8. The standard InChI is InChI=1S/C17H25ClN6O/c1-4-23-10-15(13(2)19-23)9-21-5-7-22(8-6-21)17(25)12-24-11-16(18)14(3)20-24/h10-11H,4-9,12H2,1-3H3. The van der Waals surface area contributed by atoms with Gasteiger partial charge in [-0.3, -0.25) is 19.1 Å². The Labute approximate surface area is 153 Å². The van der Waals surface area contributed by atoms with Gasteiger partial charge in [-0.15, -0.1) is 0 Å². The molecule has 1 fully saturated rings. The molecule has 0 unspecified atom stereocenters. The molecule has 0 saturated carbocycles. The number of hydrogen-bond acceptors (Lipinski definition) is 4. The molecule has 0 aromatic carbocycles. The van der Waals surface area contributed by atoms with E-state index in [1.807, 2.05) is 16.5 Å². The lowest BCUT2D eigenvalue weighted by atomic mass is 10.2. The summed E-state index contributed by atoms with van der Waals surface area (Å²) in [5.41, 5.74) is 3.11. The number of carbonyl (C=O) groups is 1. The maximum absolute atomic E-state index is 12.4. The molecule has 0 aliphatic carbocycles. The van der Waals surface area contributed by atoms with Gasteiger partial charge in [-0.2, -0.15) is 10.2 Å². The van der Waals surface area contributed by atoms with E-state index in [1.54, 1.807) is 10.9 Å². The van der Waals surface area contributed by atoms with Crippen molar-refractivity contribution in [3.8, 4) is 0 Å². The molecule has 0 radical (unpaired) electrons. The minimum atomic E-state index is 0.0915. The van der Waals surface area contributed by atoms with E-state index in [-0.39, 0.29) is 12.5 Å². The highest BCUT2D eigenvalue weighted by atomic mass is 35.5. The molecule has 1 aliphatic heterocycles. The Morgan fingerprint density at radius 3 is 2.32 bits per heavy atom. The molecule has 2 aromatic heterocycles. The van der Waals surface area contributed by atoms with Crippen LogP contribution in [0, 0.1) is 13.8 Å². The van der Waals surface area contributed by atoms with Crippen LogP contribution in [0.5, 0.6) is 0 Å². The lowest BCUT2D eigenvalue weighted by molar-refractivity contribution is -0.133. The second-order valence-electron chi connectivity index (χ2n) is 6.51. The molecule has 2 aromatic rings. The van der Waals surface area contributed by atoms with Crippen molar-refractivity contribution in [2.45, 2.75) is 40.4 Å². The maximum atomic E-state index is 12.4. The van der Waals surface area contributed by atoms with E-state index in [1.165, 1.54) is 5.56 Å². The second-order valence-corrected chi connectivity index (χ2v) is 6.92. The van der Waals surface area contributed by atoms with Gasteiger partial charge in [-0.25, -0.2) is 0 Å². The number of aryl methyl sites for hydroxylation is 3. The lowest BCUT2D eigenvalue weighted by Gasteiger charge is -2.34. The molecule has 0 atom stereocenters. The van der Waals surface area contributed by atoms with Gasteiger partial charge in [-0.1, -0.05) is 11.6 Å². The third-order valence-corrected chi connectivity index (χ3v) is 5.05.